The highest BCUT2D eigenvalue weighted by molar-refractivity contribution is 5.51. The minimum atomic E-state index is -4.70. The smallest absolute Gasteiger partial charge is 0.425 e. The van der Waals surface area contributed by atoms with Crippen LogP contribution in [0.15, 0.2) is 16.9 Å². The Kier molecular flexibility index (Phi) is 7.20. The molecule has 0 radical (unpaired) electrons. The Bertz CT molecular complexity index is 1050. The van der Waals surface area contributed by atoms with E-state index in [1.54, 1.807) is 13.0 Å². The van der Waals surface area contributed by atoms with Gasteiger partial charge in [0.25, 0.3) is 0 Å². The van der Waals surface area contributed by atoms with Gasteiger partial charge in [0.15, 0.2) is 24.0 Å². The van der Waals surface area contributed by atoms with Crippen molar-refractivity contribution in [3.63, 3.8) is 0 Å². The molecule has 1 aromatic carbocycles. The van der Waals surface area contributed by atoms with Crippen LogP contribution in [0.25, 0.3) is 5.69 Å². The van der Waals surface area contributed by atoms with Crippen LogP contribution in [0.4, 0.5) is 17.6 Å². The van der Waals surface area contributed by atoms with Gasteiger partial charge in [-0.25, -0.2) is 9.18 Å². The molecular formula is C20H22F4N4O4. The van der Waals surface area contributed by atoms with Gasteiger partial charge in [0.1, 0.15) is 24.1 Å². The number of ether oxygens (including phenoxy) is 3. The van der Waals surface area contributed by atoms with Crippen molar-refractivity contribution in [1.29, 1.82) is 5.26 Å². The molecule has 1 aliphatic heterocycles. The Balaban J connectivity index is 1.96. The predicted octanol–water partition coefficient (Wildman–Crippen LogP) is 3.44. The maximum Gasteiger partial charge on any atom is 0.425 e. The molecule has 2 heterocycles. The van der Waals surface area contributed by atoms with E-state index in [1.165, 1.54) is 4.57 Å². The first-order valence-electron chi connectivity index (χ1n) is 10.0. The summed E-state index contributed by atoms with van der Waals surface area (Å²) in [4.78, 5) is 12.8. The third kappa shape index (κ3) is 5.11. The standard InChI is InChI=1S/C20H22F4N4O4/c1-3-27-17(11-31-18-6-4-5-7-30-18)26-28(19(27)29)15-9-16(13(10-25)8-14(15)21)32-12(2)20(22,23)24/h8-9,12,18H,3-7,11H2,1-2H3. The van der Waals surface area contributed by atoms with Crippen molar-refractivity contribution < 1.29 is 31.8 Å². The molecule has 174 valence electrons. The minimum absolute atomic E-state index is 0.0763. The Morgan fingerprint density at radius 1 is 1.38 bits per heavy atom. The Morgan fingerprint density at radius 3 is 2.72 bits per heavy atom. The molecule has 32 heavy (non-hydrogen) atoms. The number of aromatic nitrogens is 3. The average molecular weight is 458 g/mol. The van der Waals surface area contributed by atoms with E-state index in [0.29, 0.717) is 23.8 Å². The molecule has 2 unspecified atom stereocenters. The first-order chi connectivity index (χ1) is 15.2. The molecule has 0 saturated carbocycles. The lowest BCUT2D eigenvalue weighted by molar-refractivity contribution is -0.189. The topological polar surface area (TPSA) is 91.3 Å². The van der Waals surface area contributed by atoms with Gasteiger partial charge in [-0.2, -0.15) is 23.1 Å². The Morgan fingerprint density at radius 2 is 2.12 bits per heavy atom. The van der Waals surface area contributed by atoms with Crippen LogP contribution in [0.2, 0.25) is 0 Å². The number of nitriles is 1. The molecule has 2 atom stereocenters. The van der Waals surface area contributed by atoms with Crippen LogP contribution in [-0.4, -0.2) is 39.5 Å². The van der Waals surface area contributed by atoms with Gasteiger partial charge in [-0.05, 0) is 39.2 Å². The van der Waals surface area contributed by atoms with Gasteiger partial charge in [0, 0.05) is 19.2 Å². The van der Waals surface area contributed by atoms with E-state index in [0.717, 1.165) is 25.8 Å². The lowest BCUT2D eigenvalue weighted by Gasteiger charge is -2.22. The number of nitrogens with zero attached hydrogens (tertiary/aromatic N) is 4. The van der Waals surface area contributed by atoms with E-state index >= 15 is 0 Å². The normalized spacial score (nSPS) is 17.7. The summed E-state index contributed by atoms with van der Waals surface area (Å²) in [5.74, 6) is -1.33. The second-order valence-corrected chi connectivity index (χ2v) is 7.18. The third-order valence-electron chi connectivity index (χ3n) is 4.95. The molecule has 3 rings (SSSR count). The number of hydrogen-bond acceptors (Lipinski definition) is 6. The largest absolute Gasteiger partial charge is 0.480 e. The first-order valence-corrected chi connectivity index (χ1v) is 10.0. The van der Waals surface area contributed by atoms with Crippen LogP contribution in [0.1, 0.15) is 44.5 Å². The predicted molar refractivity (Wildman–Crippen MR) is 103 cm³/mol. The van der Waals surface area contributed by atoms with Crippen molar-refractivity contribution in [1.82, 2.24) is 14.3 Å². The zero-order valence-corrected chi connectivity index (χ0v) is 17.5. The second kappa shape index (κ2) is 9.70. The van der Waals surface area contributed by atoms with Gasteiger partial charge < -0.3 is 14.2 Å². The molecular weight excluding hydrogens is 436 g/mol. The van der Waals surface area contributed by atoms with Crippen molar-refractivity contribution in [2.75, 3.05) is 6.61 Å². The summed E-state index contributed by atoms with van der Waals surface area (Å²) in [6.45, 7) is 3.13. The van der Waals surface area contributed by atoms with Crippen LogP contribution in [0, 0.1) is 17.1 Å². The highest BCUT2D eigenvalue weighted by atomic mass is 19.4. The summed E-state index contributed by atoms with van der Waals surface area (Å²) in [7, 11) is 0. The number of halogens is 4. The van der Waals surface area contributed by atoms with Gasteiger partial charge >= 0.3 is 11.9 Å². The van der Waals surface area contributed by atoms with Gasteiger partial charge in [-0.1, -0.05) is 0 Å². The molecule has 0 aliphatic carbocycles. The first kappa shape index (κ1) is 23.7. The van der Waals surface area contributed by atoms with Gasteiger partial charge in [-0.3, -0.25) is 4.57 Å². The quantitative estimate of drug-likeness (QED) is 0.591. The van der Waals surface area contributed by atoms with E-state index in [4.69, 9.17) is 19.5 Å². The van der Waals surface area contributed by atoms with E-state index < -0.39 is 47.1 Å². The lowest BCUT2D eigenvalue weighted by atomic mass is 10.2. The highest BCUT2D eigenvalue weighted by Crippen LogP contribution is 2.30. The van der Waals surface area contributed by atoms with Gasteiger partial charge in [0.2, 0.25) is 0 Å². The fourth-order valence-corrected chi connectivity index (χ4v) is 3.18. The van der Waals surface area contributed by atoms with Crippen molar-refractivity contribution >= 4 is 0 Å². The van der Waals surface area contributed by atoms with Crippen LogP contribution < -0.4 is 10.4 Å². The van der Waals surface area contributed by atoms with Crippen molar-refractivity contribution in [3.05, 3.63) is 39.8 Å². The summed E-state index contributed by atoms with van der Waals surface area (Å²) < 4.78 is 71.3. The SMILES string of the molecule is CCn1c(COC2CCCCO2)nn(-c2cc(OC(C)C(F)(F)F)c(C#N)cc2F)c1=O. The molecule has 1 aliphatic rings. The van der Waals surface area contributed by atoms with E-state index in [9.17, 15) is 22.4 Å². The Hall–Kier alpha value is -2.91. The fourth-order valence-electron chi connectivity index (χ4n) is 3.18. The summed E-state index contributed by atoms with van der Waals surface area (Å²) >= 11 is 0. The zero-order valence-electron chi connectivity index (χ0n) is 17.5. The number of rotatable bonds is 7. The molecule has 8 nitrogen and oxygen atoms in total. The molecule has 1 fully saturated rings. The third-order valence-corrected chi connectivity index (χ3v) is 4.95. The molecule has 1 saturated heterocycles. The van der Waals surface area contributed by atoms with E-state index in [1.807, 2.05) is 0 Å². The maximum atomic E-state index is 14.7. The fraction of sp³-hybridized carbons (Fsp3) is 0.550. The summed E-state index contributed by atoms with van der Waals surface area (Å²) in [6.07, 6.45) is -4.83. The molecule has 0 bridgehead atoms. The van der Waals surface area contributed by atoms with Gasteiger partial charge in [-0.15, -0.1) is 5.10 Å². The monoisotopic (exact) mass is 458 g/mol. The number of benzene rings is 1. The maximum absolute atomic E-state index is 14.7. The molecule has 0 N–H and O–H groups in total. The summed E-state index contributed by atoms with van der Waals surface area (Å²) in [6, 6.07) is 3.16. The van der Waals surface area contributed by atoms with Crippen LogP contribution in [0.3, 0.4) is 0 Å². The number of hydrogen-bond donors (Lipinski definition) is 0. The van der Waals surface area contributed by atoms with Gasteiger partial charge in [0.05, 0.1) is 5.56 Å². The van der Waals surface area contributed by atoms with Crippen LogP contribution >= 0.6 is 0 Å². The Labute approximate surface area is 180 Å². The van der Waals surface area contributed by atoms with Crippen LogP contribution in [0.5, 0.6) is 5.75 Å². The molecule has 12 heteroatoms. The molecule has 1 aromatic heterocycles. The highest BCUT2D eigenvalue weighted by Gasteiger charge is 2.38. The number of alkyl halides is 3. The van der Waals surface area contributed by atoms with Crippen LogP contribution in [-0.2, 0) is 22.6 Å². The summed E-state index contributed by atoms with van der Waals surface area (Å²) in [5.41, 5.74) is -1.60. The molecule has 0 amide bonds. The van der Waals surface area contributed by atoms with E-state index in [2.05, 4.69) is 5.10 Å². The molecule has 0 spiro atoms. The second-order valence-electron chi connectivity index (χ2n) is 7.18. The van der Waals surface area contributed by atoms with Crippen molar-refractivity contribution in [3.8, 4) is 17.5 Å². The van der Waals surface area contributed by atoms with Crippen molar-refractivity contribution in [2.45, 2.75) is 64.8 Å². The average Bonchev–Trinajstić information content (AvgIpc) is 3.08. The molecule has 2 aromatic rings. The summed E-state index contributed by atoms with van der Waals surface area (Å²) in [5, 5.41) is 13.3. The zero-order chi connectivity index (χ0) is 23.5. The van der Waals surface area contributed by atoms with Crippen molar-refractivity contribution in [2.24, 2.45) is 0 Å². The lowest BCUT2D eigenvalue weighted by Crippen LogP contribution is -2.31. The minimum Gasteiger partial charge on any atom is -0.480 e. The van der Waals surface area contributed by atoms with E-state index in [-0.39, 0.29) is 19.0 Å².